The highest BCUT2D eigenvalue weighted by Crippen LogP contribution is 2.30. The zero-order valence-corrected chi connectivity index (χ0v) is 20.6. The van der Waals surface area contributed by atoms with Crippen molar-refractivity contribution < 1.29 is 18.7 Å². The molecular formula is C29H34FN3O3. The molecule has 6 nitrogen and oxygen atoms in total. The number of hydrogen-bond donors (Lipinski definition) is 1. The molecule has 190 valence electrons. The quantitative estimate of drug-likeness (QED) is 0.645. The van der Waals surface area contributed by atoms with Gasteiger partial charge in [-0.3, -0.25) is 14.5 Å². The Morgan fingerprint density at radius 2 is 1.86 bits per heavy atom. The highest BCUT2D eigenvalue weighted by molar-refractivity contribution is 5.79. The van der Waals surface area contributed by atoms with Crippen LogP contribution in [0.4, 0.5) is 4.39 Å². The van der Waals surface area contributed by atoms with Crippen LogP contribution in [-0.2, 0) is 22.7 Å². The van der Waals surface area contributed by atoms with Crippen LogP contribution in [0.15, 0.2) is 60.7 Å². The fraction of sp³-hybridized carbons (Fsp3) is 0.448. The van der Waals surface area contributed by atoms with Crippen molar-refractivity contribution in [1.82, 2.24) is 15.1 Å². The Hall–Kier alpha value is -3.19. The van der Waals surface area contributed by atoms with Gasteiger partial charge in [0.25, 0.3) is 0 Å². The van der Waals surface area contributed by atoms with Gasteiger partial charge in [-0.25, -0.2) is 4.39 Å². The molecule has 2 bridgehead atoms. The number of nitrogens with one attached hydrogen (secondary N) is 1. The summed E-state index contributed by atoms with van der Waals surface area (Å²) in [6, 6.07) is 14.7. The van der Waals surface area contributed by atoms with Crippen molar-refractivity contribution >= 4 is 11.8 Å². The van der Waals surface area contributed by atoms with Gasteiger partial charge in [-0.05, 0) is 54.9 Å². The van der Waals surface area contributed by atoms with E-state index in [1.807, 2.05) is 35.2 Å². The minimum atomic E-state index is -0.272. The number of amides is 2. The third-order valence-electron chi connectivity index (χ3n) is 7.31. The topological polar surface area (TPSA) is 61.9 Å². The molecule has 2 atom stereocenters. The molecule has 0 spiro atoms. The van der Waals surface area contributed by atoms with Crippen molar-refractivity contribution in [3.05, 3.63) is 77.6 Å². The maximum Gasteiger partial charge on any atom is 0.236 e. The van der Waals surface area contributed by atoms with Gasteiger partial charge in [-0.2, -0.15) is 0 Å². The van der Waals surface area contributed by atoms with Gasteiger partial charge < -0.3 is 15.0 Å². The van der Waals surface area contributed by atoms with Crippen molar-refractivity contribution in [3.8, 4) is 5.75 Å². The second-order valence-corrected chi connectivity index (χ2v) is 10.2. The van der Waals surface area contributed by atoms with Crippen LogP contribution in [0.1, 0.15) is 36.8 Å². The van der Waals surface area contributed by atoms with E-state index in [0.717, 1.165) is 36.1 Å². The van der Waals surface area contributed by atoms with Gasteiger partial charge in [0.1, 0.15) is 18.2 Å². The molecule has 7 heteroatoms. The Morgan fingerprint density at radius 3 is 2.67 bits per heavy atom. The molecule has 2 aromatic rings. The predicted molar refractivity (Wildman–Crippen MR) is 136 cm³/mol. The number of hydrogen-bond acceptors (Lipinski definition) is 4. The average molecular weight is 492 g/mol. The smallest absolute Gasteiger partial charge is 0.236 e. The number of para-hydroxylation sites is 1. The summed E-state index contributed by atoms with van der Waals surface area (Å²) in [6.07, 6.45) is 7.61. The normalized spacial score (nSPS) is 23.9. The van der Waals surface area contributed by atoms with Gasteiger partial charge in [0.05, 0.1) is 6.54 Å². The summed E-state index contributed by atoms with van der Waals surface area (Å²) < 4.78 is 19.6. The number of benzene rings is 2. The number of halogens is 1. The first-order valence-electron chi connectivity index (χ1n) is 12.9. The fourth-order valence-electron chi connectivity index (χ4n) is 5.17. The first-order valence-corrected chi connectivity index (χ1v) is 12.9. The highest BCUT2D eigenvalue weighted by atomic mass is 19.1. The lowest BCUT2D eigenvalue weighted by Gasteiger charge is -2.38. The van der Waals surface area contributed by atoms with Crippen molar-refractivity contribution in [3.63, 3.8) is 0 Å². The molecule has 1 aliphatic carbocycles. The largest absolute Gasteiger partial charge is 0.489 e. The number of fused-ring (bicyclic) bond motifs is 3. The van der Waals surface area contributed by atoms with Gasteiger partial charge in [0.2, 0.25) is 11.8 Å². The number of ether oxygens (including phenoxy) is 1. The third-order valence-corrected chi connectivity index (χ3v) is 7.31. The monoisotopic (exact) mass is 491 g/mol. The fourth-order valence-corrected chi connectivity index (χ4v) is 5.17. The highest BCUT2D eigenvalue weighted by Gasteiger charge is 2.33. The van der Waals surface area contributed by atoms with E-state index in [2.05, 4.69) is 16.3 Å². The van der Waals surface area contributed by atoms with Crippen LogP contribution in [0.3, 0.4) is 0 Å². The molecule has 2 fully saturated rings. The zero-order valence-electron chi connectivity index (χ0n) is 20.6. The number of piperidine rings is 1. The Balaban J connectivity index is 1.35. The van der Waals surface area contributed by atoms with Gasteiger partial charge in [-0.1, -0.05) is 42.5 Å². The first-order chi connectivity index (χ1) is 17.5. The molecule has 36 heavy (non-hydrogen) atoms. The Bertz CT molecular complexity index is 1100. The zero-order chi connectivity index (χ0) is 24.9. The van der Waals surface area contributed by atoms with Crippen molar-refractivity contribution in [1.29, 1.82) is 0 Å². The van der Waals surface area contributed by atoms with Crippen molar-refractivity contribution in [2.24, 2.45) is 11.8 Å². The predicted octanol–water partition coefficient (Wildman–Crippen LogP) is 3.91. The molecular weight excluding hydrogens is 457 g/mol. The molecule has 1 N–H and O–H groups in total. The lowest BCUT2D eigenvalue weighted by atomic mass is 9.82. The van der Waals surface area contributed by atoms with E-state index in [1.54, 1.807) is 12.1 Å². The number of carbonyl (C=O) groups excluding carboxylic acids is 2. The number of nitrogens with zero attached hydrogens (tertiary/aromatic N) is 2. The summed E-state index contributed by atoms with van der Waals surface area (Å²) >= 11 is 0. The van der Waals surface area contributed by atoms with Crippen molar-refractivity contribution in [2.75, 3.05) is 26.2 Å². The van der Waals surface area contributed by atoms with Gasteiger partial charge in [0, 0.05) is 44.2 Å². The average Bonchev–Trinajstić information content (AvgIpc) is 3.68. The standard InChI is InChI=1S/C29H34FN3O3/c30-25-9-7-21(8-10-25)17-32-18-24-4-1-2-6-27(24)36-15-3-5-23-19-33(29(35)20-32)14-13-22(23)16-28(34)31-26-11-12-26/h1-10,22-23,26H,11-20H2,(H,31,34)/b5-3+/t22-,23-/m0/s1. The summed E-state index contributed by atoms with van der Waals surface area (Å²) in [5.41, 5.74) is 1.96. The van der Waals surface area contributed by atoms with E-state index in [9.17, 15) is 14.0 Å². The third kappa shape index (κ3) is 6.52. The summed E-state index contributed by atoms with van der Waals surface area (Å²) in [5.74, 6) is 1.03. The van der Waals surface area contributed by atoms with Gasteiger partial charge in [0.15, 0.2) is 0 Å². The maximum absolute atomic E-state index is 13.5. The van der Waals surface area contributed by atoms with Crippen LogP contribution in [0.25, 0.3) is 0 Å². The lowest BCUT2D eigenvalue weighted by Crippen LogP contribution is -2.47. The molecule has 5 rings (SSSR count). The minimum absolute atomic E-state index is 0.0778. The summed E-state index contributed by atoms with van der Waals surface area (Å²) in [6.45, 7) is 3.02. The van der Waals surface area contributed by atoms with Crippen LogP contribution in [0, 0.1) is 17.7 Å². The lowest BCUT2D eigenvalue weighted by molar-refractivity contribution is -0.135. The second kappa shape index (κ2) is 11.2. The number of rotatable bonds is 5. The van der Waals surface area contributed by atoms with E-state index in [1.165, 1.54) is 12.1 Å². The summed E-state index contributed by atoms with van der Waals surface area (Å²) in [7, 11) is 0. The van der Waals surface area contributed by atoms with Gasteiger partial charge >= 0.3 is 0 Å². The molecule has 2 aliphatic heterocycles. The van der Waals surface area contributed by atoms with E-state index in [-0.39, 0.29) is 36.0 Å². The van der Waals surface area contributed by atoms with E-state index in [4.69, 9.17) is 4.74 Å². The molecule has 2 aromatic carbocycles. The van der Waals surface area contributed by atoms with E-state index < -0.39 is 0 Å². The number of carbonyl (C=O) groups is 2. The maximum atomic E-state index is 13.5. The van der Waals surface area contributed by atoms with Crippen LogP contribution in [0.5, 0.6) is 5.75 Å². The molecule has 3 aliphatic rings. The van der Waals surface area contributed by atoms with Crippen LogP contribution in [-0.4, -0.2) is 53.9 Å². The van der Waals surface area contributed by atoms with E-state index >= 15 is 0 Å². The molecule has 0 aromatic heterocycles. The second-order valence-electron chi connectivity index (χ2n) is 10.2. The minimum Gasteiger partial charge on any atom is -0.489 e. The Kier molecular flexibility index (Phi) is 7.66. The van der Waals surface area contributed by atoms with Crippen molar-refractivity contribution in [2.45, 2.75) is 44.8 Å². The Morgan fingerprint density at radius 1 is 1.06 bits per heavy atom. The molecule has 1 saturated heterocycles. The first kappa shape index (κ1) is 24.5. The molecule has 2 heterocycles. The van der Waals surface area contributed by atoms with Crippen LogP contribution < -0.4 is 10.1 Å². The molecule has 2 amide bonds. The summed E-state index contributed by atoms with van der Waals surface area (Å²) in [4.78, 5) is 30.0. The molecule has 1 saturated carbocycles. The molecule has 0 unspecified atom stereocenters. The van der Waals surface area contributed by atoms with E-state index in [0.29, 0.717) is 45.2 Å². The van der Waals surface area contributed by atoms with Crippen LogP contribution >= 0.6 is 0 Å². The SMILES string of the molecule is O=C(C[C@@H]1CCN2C[C@@H]1/C=C/COc1ccccc1CN(Cc1ccc(F)cc1)CC2=O)NC1CC1. The van der Waals surface area contributed by atoms with Gasteiger partial charge in [-0.15, -0.1) is 0 Å². The van der Waals surface area contributed by atoms with Crippen LogP contribution in [0.2, 0.25) is 0 Å². The Labute approximate surface area is 212 Å². The molecule has 0 radical (unpaired) electrons. The summed E-state index contributed by atoms with van der Waals surface area (Å²) in [5, 5.41) is 3.11.